The van der Waals surface area contributed by atoms with Crippen molar-refractivity contribution in [2.45, 2.75) is 25.9 Å². The maximum absolute atomic E-state index is 12.2. The first-order valence-corrected chi connectivity index (χ1v) is 11.7. The molecule has 4 rings (SSSR count). The Hall–Kier alpha value is -3.37. The van der Waals surface area contributed by atoms with Crippen LogP contribution in [0.2, 0.25) is 0 Å². The molecule has 1 aliphatic rings. The predicted molar refractivity (Wildman–Crippen MR) is 123 cm³/mol. The van der Waals surface area contributed by atoms with Crippen LogP contribution < -0.4 is 4.74 Å². The zero-order chi connectivity index (χ0) is 22.2. The van der Waals surface area contributed by atoms with Gasteiger partial charge in [0.15, 0.2) is 0 Å². The minimum atomic E-state index is -0.274. The summed E-state index contributed by atoms with van der Waals surface area (Å²) in [5, 5.41) is 11.3. The Morgan fingerprint density at radius 1 is 1.16 bits per heavy atom. The van der Waals surface area contributed by atoms with Crippen molar-refractivity contribution in [2.75, 3.05) is 19.7 Å². The standard InChI is InChI=1S/C25H25N3O3S/c26-15-22-7-6-21(20-4-2-1-3-5-20)14-24(22)30-13-10-19-8-11-28(12-9-19)25(29)31-16-23-17-32-18-27-23/h1-7,14,17-19H,8-13,16H2. The van der Waals surface area contributed by atoms with Gasteiger partial charge in [-0.1, -0.05) is 36.4 Å². The van der Waals surface area contributed by atoms with Gasteiger partial charge >= 0.3 is 6.09 Å². The van der Waals surface area contributed by atoms with E-state index in [-0.39, 0.29) is 12.7 Å². The van der Waals surface area contributed by atoms with E-state index in [4.69, 9.17) is 9.47 Å². The van der Waals surface area contributed by atoms with E-state index in [0.717, 1.165) is 36.1 Å². The minimum absolute atomic E-state index is 0.222. The zero-order valence-corrected chi connectivity index (χ0v) is 18.6. The summed E-state index contributed by atoms with van der Waals surface area (Å²) >= 11 is 1.49. The van der Waals surface area contributed by atoms with Crippen molar-refractivity contribution in [3.05, 3.63) is 70.7 Å². The smallest absolute Gasteiger partial charge is 0.410 e. The fraction of sp³-hybridized carbons (Fsp3) is 0.320. The van der Waals surface area contributed by atoms with E-state index < -0.39 is 0 Å². The van der Waals surface area contributed by atoms with E-state index in [1.54, 1.807) is 10.4 Å². The van der Waals surface area contributed by atoms with Gasteiger partial charge in [-0.15, -0.1) is 11.3 Å². The number of carbonyl (C=O) groups excluding carboxylic acids is 1. The molecule has 1 amide bonds. The topological polar surface area (TPSA) is 75.5 Å². The number of thiazole rings is 1. The molecular formula is C25H25N3O3S. The first-order chi connectivity index (χ1) is 15.7. The van der Waals surface area contributed by atoms with Gasteiger partial charge in [0, 0.05) is 18.5 Å². The molecule has 0 radical (unpaired) electrons. The second-order valence-corrected chi connectivity index (χ2v) is 8.51. The van der Waals surface area contributed by atoms with Crippen molar-refractivity contribution in [1.82, 2.24) is 9.88 Å². The van der Waals surface area contributed by atoms with Crippen LogP contribution >= 0.6 is 11.3 Å². The Morgan fingerprint density at radius 2 is 1.97 bits per heavy atom. The lowest BCUT2D eigenvalue weighted by Crippen LogP contribution is -2.39. The van der Waals surface area contributed by atoms with Gasteiger partial charge in [0.2, 0.25) is 0 Å². The van der Waals surface area contributed by atoms with Gasteiger partial charge in [-0.3, -0.25) is 0 Å². The molecule has 2 heterocycles. The second-order valence-electron chi connectivity index (χ2n) is 7.79. The SMILES string of the molecule is N#Cc1ccc(-c2ccccc2)cc1OCCC1CCN(C(=O)OCc2cscn2)CC1. The summed E-state index contributed by atoms with van der Waals surface area (Å²) in [7, 11) is 0. The molecule has 0 saturated carbocycles. The molecule has 164 valence electrons. The molecular weight excluding hydrogens is 422 g/mol. The van der Waals surface area contributed by atoms with Crippen molar-refractivity contribution in [2.24, 2.45) is 5.92 Å². The molecule has 7 heteroatoms. The number of carbonyl (C=O) groups is 1. The molecule has 1 aromatic heterocycles. The highest BCUT2D eigenvalue weighted by Crippen LogP contribution is 2.28. The van der Waals surface area contributed by atoms with Crippen LogP contribution in [0.4, 0.5) is 4.79 Å². The van der Waals surface area contributed by atoms with Crippen molar-refractivity contribution >= 4 is 17.4 Å². The highest BCUT2D eigenvalue weighted by Gasteiger charge is 2.24. The Balaban J connectivity index is 1.24. The summed E-state index contributed by atoms with van der Waals surface area (Å²) in [5.74, 6) is 1.11. The van der Waals surface area contributed by atoms with Crippen LogP contribution in [0.15, 0.2) is 59.4 Å². The average Bonchev–Trinajstić information content (AvgIpc) is 3.37. The molecule has 0 aliphatic carbocycles. The lowest BCUT2D eigenvalue weighted by molar-refractivity contribution is 0.0792. The fourth-order valence-electron chi connectivity index (χ4n) is 3.82. The second kappa shape index (κ2) is 10.8. The maximum atomic E-state index is 12.2. The Morgan fingerprint density at radius 3 is 2.69 bits per heavy atom. The highest BCUT2D eigenvalue weighted by atomic mass is 32.1. The van der Waals surface area contributed by atoms with Gasteiger partial charge in [-0.25, -0.2) is 9.78 Å². The van der Waals surface area contributed by atoms with E-state index in [2.05, 4.69) is 11.1 Å². The number of nitrogens with zero attached hydrogens (tertiary/aromatic N) is 3. The molecule has 32 heavy (non-hydrogen) atoms. The van der Waals surface area contributed by atoms with Crippen LogP contribution in [0.3, 0.4) is 0 Å². The summed E-state index contributed by atoms with van der Waals surface area (Å²) in [5.41, 5.74) is 5.18. The van der Waals surface area contributed by atoms with Crippen LogP contribution in [-0.2, 0) is 11.3 Å². The van der Waals surface area contributed by atoms with E-state index in [0.29, 0.717) is 36.9 Å². The van der Waals surface area contributed by atoms with Crippen LogP contribution in [0.5, 0.6) is 5.75 Å². The maximum Gasteiger partial charge on any atom is 0.410 e. The summed E-state index contributed by atoms with van der Waals surface area (Å²) in [6.07, 6.45) is 2.46. The summed E-state index contributed by atoms with van der Waals surface area (Å²) in [6.45, 7) is 2.15. The molecule has 1 saturated heterocycles. The lowest BCUT2D eigenvalue weighted by atomic mass is 9.94. The fourth-order valence-corrected chi connectivity index (χ4v) is 4.36. The normalized spacial score (nSPS) is 14.0. The molecule has 0 spiro atoms. The van der Waals surface area contributed by atoms with Crippen LogP contribution in [0.1, 0.15) is 30.5 Å². The summed E-state index contributed by atoms with van der Waals surface area (Å²) < 4.78 is 11.4. The molecule has 0 unspecified atom stereocenters. The molecule has 0 N–H and O–H groups in total. The number of ether oxygens (including phenoxy) is 2. The van der Waals surface area contributed by atoms with Crippen molar-refractivity contribution in [3.63, 3.8) is 0 Å². The number of aromatic nitrogens is 1. The third-order valence-corrected chi connectivity index (χ3v) is 6.33. The Labute approximate surface area is 192 Å². The third kappa shape index (κ3) is 5.65. The molecule has 0 bridgehead atoms. The zero-order valence-electron chi connectivity index (χ0n) is 17.8. The number of piperidine rings is 1. The van der Waals surface area contributed by atoms with Gasteiger partial charge in [0.05, 0.1) is 23.4 Å². The van der Waals surface area contributed by atoms with Crippen molar-refractivity contribution in [1.29, 1.82) is 5.26 Å². The van der Waals surface area contributed by atoms with Crippen molar-refractivity contribution < 1.29 is 14.3 Å². The van der Waals surface area contributed by atoms with Crippen LogP contribution in [0.25, 0.3) is 11.1 Å². The molecule has 2 aromatic carbocycles. The lowest BCUT2D eigenvalue weighted by Gasteiger charge is -2.31. The molecule has 0 atom stereocenters. The number of likely N-dealkylation sites (tertiary alicyclic amines) is 1. The van der Waals surface area contributed by atoms with E-state index in [9.17, 15) is 10.1 Å². The summed E-state index contributed by atoms with van der Waals surface area (Å²) in [6, 6.07) is 18.0. The third-order valence-electron chi connectivity index (χ3n) is 5.69. The summed E-state index contributed by atoms with van der Waals surface area (Å²) in [4.78, 5) is 18.1. The quantitative estimate of drug-likeness (QED) is 0.478. The first-order valence-electron chi connectivity index (χ1n) is 10.7. The molecule has 3 aromatic rings. The number of amides is 1. The molecule has 6 nitrogen and oxygen atoms in total. The number of hydrogen-bond donors (Lipinski definition) is 0. The average molecular weight is 448 g/mol. The van der Waals surface area contributed by atoms with Gasteiger partial charge in [0.25, 0.3) is 0 Å². The Kier molecular flexibility index (Phi) is 7.36. The van der Waals surface area contributed by atoms with Gasteiger partial charge in [0.1, 0.15) is 18.4 Å². The number of hydrogen-bond acceptors (Lipinski definition) is 6. The van der Waals surface area contributed by atoms with Gasteiger partial charge in [-0.05, 0) is 48.4 Å². The van der Waals surface area contributed by atoms with Crippen LogP contribution in [-0.4, -0.2) is 35.7 Å². The Bertz CT molecular complexity index is 1060. The predicted octanol–water partition coefficient (Wildman–Crippen LogP) is 5.50. The first kappa shape index (κ1) is 21.8. The van der Waals surface area contributed by atoms with Crippen molar-refractivity contribution in [3.8, 4) is 22.9 Å². The number of nitriles is 1. The monoisotopic (exact) mass is 447 g/mol. The molecule has 1 aliphatic heterocycles. The van der Waals surface area contributed by atoms with Gasteiger partial charge in [-0.2, -0.15) is 5.26 Å². The molecule has 1 fully saturated rings. The highest BCUT2D eigenvalue weighted by molar-refractivity contribution is 7.07. The van der Waals surface area contributed by atoms with Gasteiger partial charge < -0.3 is 14.4 Å². The van der Waals surface area contributed by atoms with E-state index >= 15 is 0 Å². The largest absolute Gasteiger partial charge is 0.492 e. The van der Waals surface area contributed by atoms with E-state index in [1.165, 1.54) is 11.3 Å². The minimum Gasteiger partial charge on any atom is -0.492 e. The number of rotatable bonds is 7. The number of benzene rings is 2. The van der Waals surface area contributed by atoms with E-state index in [1.807, 2.05) is 53.9 Å². The van der Waals surface area contributed by atoms with Crippen LogP contribution in [0, 0.1) is 17.2 Å².